The summed E-state index contributed by atoms with van der Waals surface area (Å²) < 4.78 is 4.88. The minimum Gasteiger partial charge on any atom is -0.309 e. The lowest BCUT2D eigenvalue weighted by atomic mass is 9.96. The molecule has 0 amide bonds. The van der Waals surface area contributed by atoms with E-state index in [1.165, 1.54) is 70.0 Å². The molecule has 0 spiro atoms. The van der Waals surface area contributed by atoms with E-state index in [-0.39, 0.29) is 0 Å². The average molecular weight is 579 g/mol. The SMILES string of the molecule is c1cc(-c2cccc(-c3ccc4sc5cccnc5c4c3)c2)cc(-c2cccc(-n3c4ccccc4c4ccccc43)c2)c1. The van der Waals surface area contributed by atoms with Gasteiger partial charge in [-0.05, 0) is 94.0 Å². The Morgan fingerprint density at radius 1 is 0.409 bits per heavy atom. The van der Waals surface area contributed by atoms with E-state index in [1.807, 2.05) is 12.3 Å². The van der Waals surface area contributed by atoms with Crippen LogP contribution < -0.4 is 0 Å². The number of pyridine rings is 1. The maximum absolute atomic E-state index is 4.67. The standard InChI is InChI=1S/C41H26N2S/c1-3-17-37-34(15-1)35-16-2-4-18-38(35)43(37)33-14-7-13-31(25-33)29-11-5-9-27(23-29)28-10-6-12-30(24-28)32-20-21-39-36(26-32)41-40(44-39)19-8-22-42-41/h1-26H. The summed E-state index contributed by atoms with van der Waals surface area (Å²) in [6.07, 6.45) is 1.88. The molecule has 0 fully saturated rings. The van der Waals surface area contributed by atoms with Crippen molar-refractivity contribution in [3.8, 4) is 39.1 Å². The molecule has 2 nitrogen and oxygen atoms in total. The van der Waals surface area contributed by atoms with Gasteiger partial charge in [-0.2, -0.15) is 0 Å². The van der Waals surface area contributed by atoms with E-state index >= 15 is 0 Å². The Hall–Kier alpha value is -5.51. The third-order valence-electron chi connectivity index (χ3n) is 8.63. The lowest BCUT2D eigenvalue weighted by Gasteiger charge is -2.12. The number of para-hydroxylation sites is 2. The van der Waals surface area contributed by atoms with Crippen molar-refractivity contribution in [3.63, 3.8) is 0 Å². The van der Waals surface area contributed by atoms with Crippen molar-refractivity contribution in [2.24, 2.45) is 0 Å². The van der Waals surface area contributed by atoms with E-state index in [0.717, 1.165) is 11.2 Å². The molecule has 0 saturated carbocycles. The molecule has 0 radical (unpaired) electrons. The van der Waals surface area contributed by atoms with Crippen LogP contribution in [-0.4, -0.2) is 9.55 Å². The first-order valence-electron chi connectivity index (χ1n) is 14.9. The molecule has 6 aromatic carbocycles. The zero-order valence-corrected chi connectivity index (χ0v) is 24.6. The predicted octanol–water partition coefficient (Wildman–Crippen LogP) is 11.5. The molecule has 9 aromatic rings. The zero-order valence-electron chi connectivity index (χ0n) is 23.8. The molecule has 0 N–H and O–H groups in total. The maximum Gasteiger partial charge on any atom is 0.0888 e. The Kier molecular flexibility index (Phi) is 5.71. The average Bonchev–Trinajstić information content (AvgIpc) is 3.64. The van der Waals surface area contributed by atoms with Crippen LogP contribution in [0.4, 0.5) is 0 Å². The van der Waals surface area contributed by atoms with Gasteiger partial charge in [0.2, 0.25) is 0 Å². The number of rotatable bonds is 4. The molecule has 44 heavy (non-hydrogen) atoms. The van der Waals surface area contributed by atoms with E-state index in [1.54, 1.807) is 11.3 Å². The van der Waals surface area contributed by atoms with Crippen LogP contribution in [0.2, 0.25) is 0 Å². The number of aromatic nitrogens is 2. The van der Waals surface area contributed by atoms with Gasteiger partial charge in [-0.15, -0.1) is 11.3 Å². The van der Waals surface area contributed by atoms with Gasteiger partial charge >= 0.3 is 0 Å². The van der Waals surface area contributed by atoms with Crippen molar-refractivity contribution in [2.45, 2.75) is 0 Å². The fraction of sp³-hybridized carbons (Fsp3) is 0. The second-order valence-electron chi connectivity index (χ2n) is 11.2. The van der Waals surface area contributed by atoms with E-state index < -0.39 is 0 Å². The largest absolute Gasteiger partial charge is 0.309 e. The molecule has 3 aromatic heterocycles. The lowest BCUT2D eigenvalue weighted by molar-refractivity contribution is 1.18. The number of hydrogen-bond donors (Lipinski definition) is 0. The molecule has 0 aliphatic carbocycles. The van der Waals surface area contributed by atoms with Gasteiger partial charge in [0.25, 0.3) is 0 Å². The highest BCUT2D eigenvalue weighted by Crippen LogP contribution is 2.37. The first-order chi connectivity index (χ1) is 21.8. The van der Waals surface area contributed by atoms with Gasteiger partial charge in [-0.1, -0.05) is 91.0 Å². The lowest BCUT2D eigenvalue weighted by Crippen LogP contribution is -1.94. The molecule has 3 heteroatoms. The van der Waals surface area contributed by atoms with Crippen molar-refractivity contribution < 1.29 is 0 Å². The van der Waals surface area contributed by atoms with Crippen LogP contribution in [-0.2, 0) is 0 Å². The fourth-order valence-electron chi connectivity index (χ4n) is 6.56. The highest BCUT2D eigenvalue weighted by atomic mass is 32.1. The summed E-state index contributed by atoms with van der Waals surface area (Å²) in [4.78, 5) is 4.67. The molecule has 0 unspecified atom stereocenters. The Labute approximate surface area is 259 Å². The van der Waals surface area contributed by atoms with Crippen LogP contribution in [0.5, 0.6) is 0 Å². The fourth-order valence-corrected chi connectivity index (χ4v) is 7.60. The van der Waals surface area contributed by atoms with Crippen molar-refractivity contribution in [1.29, 1.82) is 0 Å². The Bertz CT molecular complexity index is 2460. The topological polar surface area (TPSA) is 17.8 Å². The maximum atomic E-state index is 4.67. The normalized spacial score (nSPS) is 11.6. The van der Waals surface area contributed by atoms with Crippen LogP contribution in [0.25, 0.3) is 81.2 Å². The van der Waals surface area contributed by atoms with E-state index in [0.29, 0.717) is 0 Å². The van der Waals surface area contributed by atoms with Crippen molar-refractivity contribution in [1.82, 2.24) is 9.55 Å². The number of thiophene rings is 1. The van der Waals surface area contributed by atoms with Crippen molar-refractivity contribution in [2.75, 3.05) is 0 Å². The predicted molar refractivity (Wildman–Crippen MR) is 188 cm³/mol. The molecule has 0 saturated heterocycles. The molecule has 9 rings (SSSR count). The second kappa shape index (κ2) is 10.0. The van der Waals surface area contributed by atoms with E-state index in [9.17, 15) is 0 Å². The molecular weight excluding hydrogens is 553 g/mol. The van der Waals surface area contributed by atoms with Gasteiger partial charge in [0.05, 0.1) is 21.3 Å². The monoisotopic (exact) mass is 578 g/mol. The first-order valence-corrected chi connectivity index (χ1v) is 15.7. The van der Waals surface area contributed by atoms with Gasteiger partial charge in [-0.3, -0.25) is 4.98 Å². The number of fused-ring (bicyclic) bond motifs is 6. The molecule has 3 heterocycles. The quantitative estimate of drug-likeness (QED) is 0.203. The Morgan fingerprint density at radius 3 is 1.64 bits per heavy atom. The van der Waals surface area contributed by atoms with Gasteiger partial charge in [-0.25, -0.2) is 0 Å². The van der Waals surface area contributed by atoms with Gasteiger partial charge in [0.1, 0.15) is 0 Å². The third-order valence-corrected chi connectivity index (χ3v) is 9.76. The first kappa shape index (κ1) is 25.0. The number of hydrogen-bond acceptors (Lipinski definition) is 2. The molecular formula is C41H26N2S. The van der Waals surface area contributed by atoms with Crippen LogP contribution in [0.3, 0.4) is 0 Å². The van der Waals surface area contributed by atoms with E-state index in [2.05, 4.69) is 155 Å². The van der Waals surface area contributed by atoms with Crippen LogP contribution in [0, 0.1) is 0 Å². The summed E-state index contributed by atoms with van der Waals surface area (Å²) in [6.45, 7) is 0. The summed E-state index contributed by atoms with van der Waals surface area (Å²) in [5.74, 6) is 0. The van der Waals surface area contributed by atoms with Crippen LogP contribution >= 0.6 is 11.3 Å². The molecule has 0 bridgehead atoms. The highest BCUT2D eigenvalue weighted by Gasteiger charge is 2.13. The molecule has 0 atom stereocenters. The van der Waals surface area contributed by atoms with Gasteiger partial charge in [0, 0.05) is 32.7 Å². The smallest absolute Gasteiger partial charge is 0.0888 e. The molecule has 206 valence electrons. The van der Waals surface area contributed by atoms with Crippen LogP contribution in [0.15, 0.2) is 158 Å². The molecule has 0 aliphatic rings. The summed E-state index contributed by atoms with van der Waals surface area (Å²) in [7, 11) is 0. The Morgan fingerprint density at radius 2 is 0.977 bits per heavy atom. The number of benzene rings is 6. The van der Waals surface area contributed by atoms with Gasteiger partial charge < -0.3 is 4.57 Å². The minimum atomic E-state index is 1.08. The Balaban J connectivity index is 1.11. The second-order valence-corrected chi connectivity index (χ2v) is 12.3. The summed E-state index contributed by atoms with van der Waals surface area (Å²) in [5.41, 5.74) is 11.9. The third kappa shape index (κ3) is 4.05. The van der Waals surface area contributed by atoms with Crippen molar-refractivity contribution in [3.05, 3.63) is 158 Å². The minimum absolute atomic E-state index is 1.08. The zero-order chi connectivity index (χ0) is 29.0. The summed E-state index contributed by atoms with van der Waals surface area (Å²) >= 11 is 1.80. The summed E-state index contributed by atoms with van der Waals surface area (Å²) in [5, 5.41) is 3.77. The van der Waals surface area contributed by atoms with Gasteiger partial charge in [0.15, 0.2) is 0 Å². The number of nitrogens with zero attached hydrogens (tertiary/aromatic N) is 2. The highest BCUT2D eigenvalue weighted by molar-refractivity contribution is 7.25. The van der Waals surface area contributed by atoms with Crippen LogP contribution in [0.1, 0.15) is 0 Å². The van der Waals surface area contributed by atoms with Crippen molar-refractivity contribution >= 4 is 53.4 Å². The summed E-state index contributed by atoms with van der Waals surface area (Å²) in [6, 6.07) is 54.9. The van der Waals surface area contributed by atoms with E-state index in [4.69, 9.17) is 0 Å². The molecule has 0 aliphatic heterocycles.